The van der Waals surface area contributed by atoms with Gasteiger partial charge < -0.3 is 9.42 Å². The van der Waals surface area contributed by atoms with Crippen molar-refractivity contribution in [2.45, 2.75) is 52.7 Å². The van der Waals surface area contributed by atoms with E-state index in [2.05, 4.69) is 28.9 Å². The lowest BCUT2D eigenvalue weighted by Gasteiger charge is -2.34. The molecule has 146 valence electrons. The van der Waals surface area contributed by atoms with Gasteiger partial charge in [0.05, 0.1) is 6.54 Å². The Labute approximate surface area is 159 Å². The molecule has 0 unspecified atom stereocenters. The van der Waals surface area contributed by atoms with Crippen molar-refractivity contribution in [1.29, 1.82) is 0 Å². The fraction of sp³-hybridized carbons (Fsp3) is 0.550. The Morgan fingerprint density at radius 3 is 2.63 bits per heavy atom. The average molecular weight is 374 g/mol. The molecule has 1 aromatic carbocycles. The smallest absolute Gasteiger partial charge is 0.240 e. The molecule has 2 heterocycles. The summed E-state index contributed by atoms with van der Waals surface area (Å²) in [6.45, 7) is 8.69. The fourth-order valence-electron chi connectivity index (χ4n) is 3.43. The summed E-state index contributed by atoms with van der Waals surface area (Å²) < 4.78 is 18.5. The third-order valence-electron chi connectivity index (χ3n) is 5.03. The van der Waals surface area contributed by atoms with E-state index in [1.54, 1.807) is 12.1 Å². The number of amides is 1. The van der Waals surface area contributed by atoms with Crippen molar-refractivity contribution >= 4 is 5.91 Å². The van der Waals surface area contributed by atoms with Crippen LogP contribution in [0.1, 0.15) is 44.5 Å². The minimum absolute atomic E-state index is 0.0682. The zero-order chi connectivity index (χ0) is 19.4. The summed E-state index contributed by atoms with van der Waals surface area (Å²) in [6, 6.07) is 6.43. The highest BCUT2D eigenvalue weighted by atomic mass is 19.1. The lowest BCUT2D eigenvalue weighted by atomic mass is 10.0. The summed E-state index contributed by atoms with van der Waals surface area (Å²) in [7, 11) is 0. The highest BCUT2D eigenvalue weighted by molar-refractivity contribution is 5.77. The van der Waals surface area contributed by atoms with E-state index >= 15 is 0 Å². The quantitative estimate of drug-likeness (QED) is 0.778. The number of halogens is 1. The van der Waals surface area contributed by atoms with Crippen molar-refractivity contribution < 1.29 is 13.7 Å². The monoisotopic (exact) mass is 374 g/mol. The van der Waals surface area contributed by atoms with Gasteiger partial charge in [0.25, 0.3) is 0 Å². The van der Waals surface area contributed by atoms with Gasteiger partial charge in [0.15, 0.2) is 5.82 Å². The highest BCUT2D eigenvalue weighted by Gasteiger charge is 2.32. The van der Waals surface area contributed by atoms with Crippen molar-refractivity contribution in [3.63, 3.8) is 0 Å². The molecule has 0 saturated carbocycles. The van der Waals surface area contributed by atoms with Gasteiger partial charge in [-0.2, -0.15) is 4.98 Å². The number of rotatable bonds is 6. The molecule has 2 aromatic rings. The molecule has 1 aliphatic rings. The van der Waals surface area contributed by atoms with Crippen LogP contribution < -0.4 is 0 Å². The van der Waals surface area contributed by atoms with Crippen molar-refractivity contribution in [3.05, 3.63) is 47.4 Å². The van der Waals surface area contributed by atoms with E-state index in [9.17, 15) is 9.18 Å². The summed E-state index contributed by atoms with van der Waals surface area (Å²) in [5, 5.41) is 3.95. The van der Waals surface area contributed by atoms with Crippen LogP contribution in [0.3, 0.4) is 0 Å². The normalized spacial score (nSPS) is 18.9. The van der Waals surface area contributed by atoms with E-state index in [1.165, 1.54) is 12.1 Å². The lowest BCUT2D eigenvalue weighted by molar-refractivity contribution is -0.134. The fourth-order valence-corrected chi connectivity index (χ4v) is 3.43. The van der Waals surface area contributed by atoms with Gasteiger partial charge in [0.1, 0.15) is 5.82 Å². The van der Waals surface area contributed by atoms with Crippen LogP contribution in [0.4, 0.5) is 4.39 Å². The number of aryl methyl sites for hydroxylation is 1. The van der Waals surface area contributed by atoms with Crippen molar-refractivity contribution in [3.8, 4) is 0 Å². The van der Waals surface area contributed by atoms with Gasteiger partial charge in [-0.3, -0.25) is 9.69 Å². The maximum absolute atomic E-state index is 13.2. The SMILES string of the molecule is CCc1noc(CN2CCC(=O)N(Cc3ccc(F)cc3)[C@H](C(C)C)C2)n1. The van der Waals surface area contributed by atoms with E-state index in [0.717, 1.165) is 18.5 Å². The maximum atomic E-state index is 13.2. The Bertz CT molecular complexity index is 760. The molecule has 27 heavy (non-hydrogen) atoms. The second kappa shape index (κ2) is 8.61. The molecule has 1 atom stereocenters. The Morgan fingerprint density at radius 2 is 2.00 bits per heavy atom. The van der Waals surface area contributed by atoms with E-state index in [0.29, 0.717) is 43.7 Å². The van der Waals surface area contributed by atoms with Gasteiger partial charge in [0, 0.05) is 38.5 Å². The number of hydrogen-bond donors (Lipinski definition) is 0. The Balaban J connectivity index is 1.74. The molecule has 1 fully saturated rings. The molecule has 1 amide bonds. The van der Waals surface area contributed by atoms with E-state index < -0.39 is 0 Å². The number of hydrogen-bond acceptors (Lipinski definition) is 5. The molecule has 0 radical (unpaired) electrons. The molecule has 0 bridgehead atoms. The van der Waals surface area contributed by atoms with Crippen LogP contribution in [0.25, 0.3) is 0 Å². The molecule has 0 spiro atoms. The Hall–Kier alpha value is -2.28. The van der Waals surface area contributed by atoms with Crippen LogP contribution in [-0.4, -0.2) is 45.0 Å². The average Bonchev–Trinajstić information content (AvgIpc) is 3.04. The van der Waals surface area contributed by atoms with E-state index in [-0.39, 0.29) is 17.8 Å². The Kier molecular flexibility index (Phi) is 6.21. The predicted molar refractivity (Wildman–Crippen MR) is 99.1 cm³/mol. The molecule has 0 aliphatic carbocycles. The molecule has 1 saturated heterocycles. The van der Waals surface area contributed by atoms with Gasteiger partial charge in [-0.15, -0.1) is 0 Å². The van der Waals surface area contributed by atoms with Gasteiger partial charge in [-0.25, -0.2) is 4.39 Å². The predicted octanol–water partition coefficient (Wildman–Crippen LogP) is 3.03. The number of nitrogens with zero attached hydrogens (tertiary/aromatic N) is 4. The zero-order valence-corrected chi connectivity index (χ0v) is 16.2. The van der Waals surface area contributed by atoms with Crippen molar-refractivity contribution in [2.75, 3.05) is 13.1 Å². The van der Waals surface area contributed by atoms with Crippen molar-refractivity contribution in [1.82, 2.24) is 19.9 Å². The standard InChI is InChI=1S/C20H27FN4O2/c1-4-18-22-19(27-23-18)13-24-10-9-20(26)25(17(12-24)14(2)3)11-15-5-7-16(21)8-6-15/h5-8,14,17H,4,9-13H2,1-3H3/t17-/m0/s1. The number of benzene rings is 1. The number of carbonyl (C=O) groups excluding carboxylic acids is 1. The van der Waals surface area contributed by atoms with Crippen LogP contribution in [0.2, 0.25) is 0 Å². The van der Waals surface area contributed by atoms with E-state index in [4.69, 9.17) is 4.52 Å². The first-order chi connectivity index (χ1) is 13.0. The van der Waals surface area contributed by atoms with Gasteiger partial charge in [-0.05, 0) is 23.6 Å². The van der Waals surface area contributed by atoms with Crippen LogP contribution in [0.5, 0.6) is 0 Å². The van der Waals surface area contributed by atoms with Gasteiger partial charge in [-0.1, -0.05) is 38.1 Å². The Morgan fingerprint density at radius 1 is 1.26 bits per heavy atom. The molecule has 0 N–H and O–H groups in total. The van der Waals surface area contributed by atoms with Crippen LogP contribution in [-0.2, 0) is 24.3 Å². The molecule has 1 aliphatic heterocycles. The molecule has 7 heteroatoms. The van der Waals surface area contributed by atoms with Crippen LogP contribution >= 0.6 is 0 Å². The zero-order valence-electron chi connectivity index (χ0n) is 16.2. The second-order valence-electron chi connectivity index (χ2n) is 7.40. The lowest BCUT2D eigenvalue weighted by Crippen LogP contribution is -2.45. The van der Waals surface area contributed by atoms with E-state index in [1.807, 2.05) is 11.8 Å². The summed E-state index contributed by atoms with van der Waals surface area (Å²) in [5.74, 6) is 1.45. The third kappa shape index (κ3) is 4.91. The minimum atomic E-state index is -0.265. The first-order valence-corrected chi connectivity index (χ1v) is 9.54. The van der Waals surface area contributed by atoms with Crippen LogP contribution in [0, 0.1) is 11.7 Å². The van der Waals surface area contributed by atoms with Crippen LogP contribution in [0.15, 0.2) is 28.8 Å². The number of carbonyl (C=O) groups is 1. The molecule has 6 nitrogen and oxygen atoms in total. The molecule has 3 rings (SSSR count). The maximum Gasteiger partial charge on any atom is 0.240 e. The molecular weight excluding hydrogens is 347 g/mol. The van der Waals surface area contributed by atoms with Crippen molar-refractivity contribution in [2.24, 2.45) is 5.92 Å². The summed E-state index contributed by atoms with van der Waals surface area (Å²) in [6.07, 6.45) is 1.18. The highest BCUT2D eigenvalue weighted by Crippen LogP contribution is 2.22. The molecule has 1 aromatic heterocycles. The first kappa shape index (κ1) is 19.5. The second-order valence-corrected chi connectivity index (χ2v) is 7.40. The molecular formula is C20H27FN4O2. The van der Waals surface area contributed by atoms with Gasteiger partial charge >= 0.3 is 0 Å². The largest absolute Gasteiger partial charge is 0.338 e. The summed E-state index contributed by atoms with van der Waals surface area (Å²) in [4.78, 5) is 21.3. The minimum Gasteiger partial charge on any atom is -0.338 e. The van der Waals surface area contributed by atoms with Gasteiger partial charge in [0.2, 0.25) is 11.8 Å². The first-order valence-electron chi connectivity index (χ1n) is 9.54. The third-order valence-corrected chi connectivity index (χ3v) is 5.03. The summed E-state index contributed by atoms with van der Waals surface area (Å²) in [5.41, 5.74) is 0.938. The summed E-state index contributed by atoms with van der Waals surface area (Å²) >= 11 is 0. The topological polar surface area (TPSA) is 62.5 Å². The number of aromatic nitrogens is 2.